The lowest BCUT2D eigenvalue weighted by atomic mass is 10.1. The third kappa shape index (κ3) is 4.33. The Hall–Kier alpha value is -2.34. The quantitative estimate of drug-likeness (QED) is 0.835. The van der Waals surface area contributed by atoms with Crippen molar-refractivity contribution in [3.05, 3.63) is 46.0 Å². The highest BCUT2D eigenvalue weighted by atomic mass is 35.5. The van der Waals surface area contributed by atoms with Gasteiger partial charge in [-0.25, -0.2) is 4.98 Å². The molecule has 0 radical (unpaired) electrons. The van der Waals surface area contributed by atoms with Gasteiger partial charge in [-0.1, -0.05) is 17.7 Å². The first kappa shape index (κ1) is 19.4. The number of anilines is 1. The lowest BCUT2D eigenvalue weighted by Gasteiger charge is -2.21. The maximum Gasteiger partial charge on any atom is 0.291 e. The minimum atomic E-state index is -0.372. The predicted octanol–water partition coefficient (Wildman–Crippen LogP) is 3.96. The Morgan fingerprint density at radius 3 is 2.59 bits per heavy atom. The van der Waals surface area contributed by atoms with Gasteiger partial charge in [-0.05, 0) is 64.7 Å². The van der Waals surface area contributed by atoms with E-state index in [-0.39, 0.29) is 23.2 Å². The van der Waals surface area contributed by atoms with E-state index in [0.717, 1.165) is 30.5 Å². The summed E-state index contributed by atoms with van der Waals surface area (Å²) in [5.74, 6) is -0.320. The lowest BCUT2D eigenvalue weighted by Crippen LogP contribution is -2.41. The SMILES string of the molecule is Cc1ccc(NC(=O)c2nc(C(=O)NC(C)(C)C)c3n2CCCC3)cc1Cl. The Morgan fingerprint density at radius 1 is 1.19 bits per heavy atom. The number of hydrogen-bond acceptors (Lipinski definition) is 3. The summed E-state index contributed by atoms with van der Waals surface area (Å²) in [6.07, 6.45) is 2.68. The zero-order valence-electron chi connectivity index (χ0n) is 16.1. The summed E-state index contributed by atoms with van der Waals surface area (Å²) in [4.78, 5) is 29.9. The van der Waals surface area contributed by atoms with Crippen LogP contribution in [0.15, 0.2) is 18.2 Å². The van der Waals surface area contributed by atoms with Gasteiger partial charge in [-0.15, -0.1) is 0 Å². The van der Waals surface area contributed by atoms with Crippen LogP contribution in [0, 0.1) is 6.92 Å². The maximum absolute atomic E-state index is 12.8. The van der Waals surface area contributed by atoms with Crippen molar-refractivity contribution in [3.63, 3.8) is 0 Å². The molecule has 2 heterocycles. The first-order valence-corrected chi connectivity index (χ1v) is 9.53. The third-order valence-electron chi connectivity index (χ3n) is 4.45. The second kappa shape index (κ2) is 7.35. The molecule has 2 aromatic rings. The van der Waals surface area contributed by atoms with Gasteiger partial charge < -0.3 is 15.2 Å². The summed E-state index contributed by atoms with van der Waals surface area (Å²) < 4.78 is 1.87. The van der Waals surface area contributed by atoms with E-state index in [1.807, 2.05) is 38.3 Å². The van der Waals surface area contributed by atoms with Gasteiger partial charge in [-0.3, -0.25) is 9.59 Å². The molecule has 0 aliphatic carbocycles. The zero-order chi connectivity index (χ0) is 19.8. The highest BCUT2D eigenvalue weighted by Crippen LogP contribution is 2.24. The van der Waals surface area contributed by atoms with E-state index < -0.39 is 0 Å². The van der Waals surface area contributed by atoms with Crippen LogP contribution in [-0.2, 0) is 13.0 Å². The molecule has 0 bridgehead atoms. The number of carbonyl (C=O) groups is 2. The van der Waals surface area contributed by atoms with E-state index in [1.54, 1.807) is 12.1 Å². The minimum absolute atomic E-state index is 0.245. The summed E-state index contributed by atoms with van der Waals surface area (Å²) in [5.41, 5.74) is 2.34. The van der Waals surface area contributed by atoms with Crippen LogP contribution in [0.2, 0.25) is 5.02 Å². The molecule has 1 aromatic carbocycles. The highest BCUT2D eigenvalue weighted by molar-refractivity contribution is 6.31. The molecule has 0 unspecified atom stereocenters. The number of benzene rings is 1. The molecule has 2 amide bonds. The molecule has 0 saturated heterocycles. The molecule has 3 rings (SSSR count). The number of aromatic nitrogens is 2. The number of rotatable bonds is 3. The second-order valence-corrected chi connectivity index (χ2v) is 8.37. The molecule has 0 atom stereocenters. The van der Waals surface area contributed by atoms with Gasteiger partial charge in [0.1, 0.15) is 5.69 Å². The average molecular weight is 389 g/mol. The van der Waals surface area contributed by atoms with Crippen molar-refractivity contribution in [1.29, 1.82) is 0 Å². The van der Waals surface area contributed by atoms with Gasteiger partial charge in [-0.2, -0.15) is 0 Å². The number of nitrogens with zero attached hydrogens (tertiary/aromatic N) is 2. The van der Waals surface area contributed by atoms with Crippen LogP contribution in [0.5, 0.6) is 0 Å². The Bertz CT molecular complexity index is 896. The van der Waals surface area contributed by atoms with Crippen LogP contribution < -0.4 is 10.6 Å². The predicted molar refractivity (Wildman–Crippen MR) is 107 cm³/mol. The molecule has 144 valence electrons. The van der Waals surface area contributed by atoms with Crippen LogP contribution in [0.3, 0.4) is 0 Å². The van der Waals surface area contributed by atoms with Gasteiger partial charge in [0, 0.05) is 22.8 Å². The first-order chi connectivity index (χ1) is 12.7. The summed E-state index contributed by atoms with van der Waals surface area (Å²) in [6, 6.07) is 5.36. The fraction of sp³-hybridized carbons (Fsp3) is 0.450. The van der Waals surface area contributed by atoms with Crippen molar-refractivity contribution in [2.24, 2.45) is 0 Å². The summed E-state index contributed by atoms with van der Waals surface area (Å²) in [6.45, 7) is 8.34. The molecular formula is C20H25ClN4O2. The molecule has 2 N–H and O–H groups in total. The lowest BCUT2D eigenvalue weighted by molar-refractivity contribution is 0.0913. The maximum atomic E-state index is 12.8. The normalized spacial score (nSPS) is 13.8. The van der Waals surface area contributed by atoms with Crippen molar-refractivity contribution in [3.8, 4) is 0 Å². The van der Waals surface area contributed by atoms with Crippen LogP contribution >= 0.6 is 11.6 Å². The fourth-order valence-corrected chi connectivity index (χ4v) is 3.34. The molecule has 0 saturated carbocycles. The summed E-state index contributed by atoms with van der Waals surface area (Å²) >= 11 is 6.14. The number of halogens is 1. The van der Waals surface area contributed by atoms with Gasteiger partial charge in [0.25, 0.3) is 11.8 Å². The van der Waals surface area contributed by atoms with E-state index in [0.29, 0.717) is 22.9 Å². The van der Waals surface area contributed by atoms with Crippen molar-refractivity contribution < 1.29 is 9.59 Å². The Labute approximate surface area is 164 Å². The summed E-state index contributed by atoms with van der Waals surface area (Å²) in [7, 11) is 0. The molecule has 0 spiro atoms. The van der Waals surface area contributed by atoms with E-state index >= 15 is 0 Å². The summed E-state index contributed by atoms with van der Waals surface area (Å²) in [5, 5.41) is 6.36. The topological polar surface area (TPSA) is 76.0 Å². The third-order valence-corrected chi connectivity index (χ3v) is 4.86. The highest BCUT2D eigenvalue weighted by Gasteiger charge is 2.29. The number of carbonyl (C=O) groups excluding carboxylic acids is 2. The van der Waals surface area contributed by atoms with Crippen LogP contribution in [-0.4, -0.2) is 26.9 Å². The number of aryl methyl sites for hydroxylation is 1. The molecule has 7 heteroatoms. The molecule has 0 fully saturated rings. The Morgan fingerprint density at radius 2 is 1.93 bits per heavy atom. The van der Waals surface area contributed by atoms with Crippen LogP contribution in [0.1, 0.15) is 66.0 Å². The molecule has 27 heavy (non-hydrogen) atoms. The fourth-order valence-electron chi connectivity index (χ4n) is 3.16. The smallest absolute Gasteiger partial charge is 0.291 e. The van der Waals surface area contributed by atoms with Crippen molar-refractivity contribution >= 4 is 29.1 Å². The van der Waals surface area contributed by atoms with E-state index in [1.165, 1.54) is 0 Å². The van der Waals surface area contributed by atoms with E-state index in [9.17, 15) is 9.59 Å². The number of hydrogen-bond donors (Lipinski definition) is 2. The van der Waals surface area contributed by atoms with E-state index in [2.05, 4.69) is 15.6 Å². The zero-order valence-corrected chi connectivity index (χ0v) is 16.9. The van der Waals surface area contributed by atoms with Crippen LogP contribution in [0.25, 0.3) is 0 Å². The van der Waals surface area contributed by atoms with Gasteiger partial charge >= 0.3 is 0 Å². The number of nitrogens with one attached hydrogen (secondary N) is 2. The van der Waals surface area contributed by atoms with E-state index in [4.69, 9.17) is 11.6 Å². The Balaban J connectivity index is 1.91. The van der Waals surface area contributed by atoms with Gasteiger partial charge in [0.15, 0.2) is 5.82 Å². The van der Waals surface area contributed by atoms with Crippen molar-refractivity contribution in [2.45, 2.75) is 59.0 Å². The number of amides is 2. The largest absolute Gasteiger partial charge is 0.346 e. The molecular weight excluding hydrogens is 364 g/mol. The van der Waals surface area contributed by atoms with Gasteiger partial charge in [0.2, 0.25) is 0 Å². The monoisotopic (exact) mass is 388 g/mol. The van der Waals surface area contributed by atoms with Crippen molar-refractivity contribution in [1.82, 2.24) is 14.9 Å². The second-order valence-electron chi connectivity index (χ2n) is 7.96. The number of imidazole rings is 1. The number of fused-ring (bicyclic) bond motifs is 1. The van der Waals surface area contributed by atoms with Gasteiger partial charge in [0.05, 0.1) is 5.69 Å². The molecule has 1 aromatic heterocycles. The standard InChI is InChI=1S/C20H25ClN4O2/c1-12-8-9-13(11-14(12)21)22-19(27)17-23-16(18(26)24-20(2,3)4)15-7-5-6-10-25(15)17/h8-9,11H,5-7,10H2,1-4H3,(H,22,27)(H,24,26). The molecule has 1 aliphatic heterocycles. The van der Waals surface area contributed by atoms with Crippen LogP contribution in [0.4, 0.5) is 5.69 Å². The first-order valence-electron chi connectivity index (χ1n) is 9.15. The van der Waals surface area contributed by atoms with Crippen molar-refractivity contribution in [2.75, 3.05) is 5.32 Å². The Kier molecular flexibility index (Phi) is 5.29. The molecule has 1 aliphatic rings. The minimum Gasteiger partial charge on any atom is -0.346 e. The molecule has 6 nitrogen and oxygen atoms in total. The average Bonchev–Trinajstić information content (AvgIpc) is 2.97.